The Morgan fingerprint density at radius 1 is 1.11 bits per heavy atom. The minimum Gasteiger partial charge on any atom is -0.507 e. The summed E-state index contributed by atoms with van der Waals surface area (Å²) in [5.41, 5.74) is 0.192. The van der Waals surface area contributed by atoms with Gasteiger partial charge in [0.15, 0.2) is 0 Å². The Hall–Kier alpha value is -3.59. The van der Waals surface area contributed by atoms with Crippen LogP contribution in [0.15, 0.2) is 65.6 Å². The molecule has 0 spiro atoms. The lowest BCUT2D eigenvalue weighted by molar-refractivity contribution is -0.137. The van der Waals surface area contributed by atoms with Crippen LogP contribution in [0.25, 0.3) is 5.76 Å². The molecular weight excluding hydrogens is 491 g/mol. The summed E-state index contributed by atoms with van der Waals surface area (Å²) in [7, 11) is 0. The number of aliphatic hydroxyl groups excluding tert-OH is 1. The van der Waals surface area contributed by atoms with Gasteiger partial charge in [0, 0.05) is 16.1 Å². The number of amides is 1. The molecule has 3 aromatic rings. The van der Waals surface area contributed by atoms with Crippen molar-refractivity contribution in [2.24, 2.45) is 5.92 Å². The summed E-state index contributed by atoms with van der Waals surface area (Å²) in [6.45, 7) is 6.25. The predicted molar refractivity (Wildman–Crippen MR) is 132 cm³/mol. The number of thiophene rings is 1. The van der Waals surface area contributed by atoms with E-state index in [0.29, 0.717) is 22.8 Å². The molecule has 1 unspecified atom stereocenters. The molecule has 2 heterocycles. The number of aliphatic hydroxyl groups is 1. The van der Waals surface area contributed by atoms with Gasteiger partial charge in [0.1, 0.15) is 17.6 Å². The van der Waals surface area contributed by atoms with Gasteiger partial charge >= 0.3 is 6.18 Å². The van der Waals surface area contributed by atoms with Crippen molar-refractivity contribution < 1.29 is 32.6 Å². The Balaban J connectivity index is 1.84. The van der Waals surface area contributed by atoms with Crippen molar-refractivity contribution in [3.63, 3.8) is 0 Å². The fraction of sp³-hybridized carbons (Fsp3) is 0.259. The monoisotopic (exact) mass is 515 g/mol. The van der Waals surface area contributed by atoms with Gasteiger partial charge in [0.2, 0.25) is 0 Å². The molecule has 188 valence electrons. The Morgan fingerprint density at radius 2 is 1.81 bits per heavy atom. The minimum absolute atomic E-state index is 0.121. The van der Waals surface area contributed by atoms with Gasteiger partial charge in [-0.1, -0.05) is 26.0 Å². The third kappa shape index (κ3) is 4.88. The molecule has 1 aromatic heterocycles. The smallest absolute Gasteiger partial charge is 0.416 e. The SMILES string of the molecule is Cc1ccsc1C1/C(=C(/O)c2cccc(OCC(C)C)c2)C(=O)C(=O)N1c1ccc(C(F)(F)F)cc1. The summed E-state index contributed by atoms with van der Waals surface area (Å²) in [4.78, 5) is 28.2. The normalized spacial score (nSPS) is 17.8. The average Bonchev–Trinajstić information content (AvgIpc) is 3.37. The zero-order chi connectivity index (χ0) is 26.2. The molecule has 0 aliphatic carbocycles. The van der Waals surface area contributed by atoms with Crippen LogP contribution in [-0.2, 0) is 15.8 Å². The molecule has 1 saturated heterocycles. The summed E-state index contributed by atoms with van der Waals surface area (Å²) in [5, 5.41) is 13.1. The van der Waals surface area contributed by atoms with E-state index in [9.17, 15) is 27.9 Å². The Bertz CT molecular complexity index is 1330. The number of rotatable bonds is 6. The lowest BCUT2D eigenvalue weighted by Gasteiger charge is -2.25. The first-order valence-electron chi connectivity index (χ1n) is 11.2. The molecule has 0 bridgehead atoms. The molecule has 2 aromatic carbocycles. The lowest BCUT2D eigenvalue weighted by atomic mass is 9.98. The number of alkyl halides is 3. The summed E-state index contributed by atoms with van der Waals surface area (Å²) < 4.78 is 45.0. The van der Waals surface area contributed by atoms with Crippen LogP contribution < -0.4 is 9.64 Å². The van der Waals surface area contributed by atoms with E-state index in [1.807, 2.05) is 19.9 Å². The van der Waals surface area contributed by atoms with Crippen molar-refractivity contribution in [2.45, 2.75) is 33.0 Å². The van der Waals surface area contributed by atoms with E-state index in [1.165, 1.54) is 11.3 Å². The second kappa shape index (κ2) is 9.81. The van der Waals surface area contributed by atoms with Crippen molar-refractivity contribution >= 4 is 34.5 Å². The topological polar surface area (TPSA) is 66.8 Å². The number of hydrogen-bond acceptors (Lipinski definition) is 5. The first kappa shape index (κ1) is 25.5. The minimum atomic E-state index is -4.54. The predicted octanol–water partition coefficient (Wildman–Crippen LogP) is 6.74. The van der Waals surface area contributed by atoms with E-state index in [2.05, 4.69) is 0 Å². The first-order chi connectivity index (χ1) is 17.0. The molecule has 1 aliphatic rings. The van der Waals surface area contributed by atoms with Crippen molar-refractivity contribution in [1.29, 1.82) is 0 Å². The Kier molecular flexibility index (Phi) is 6.95. The quantitative estimate of drug-likeness (QED) is 0.224. The van der Waals surface area contributed by atoms with Gasteiger partial charge in [0.05, 0.1) is 17.7 Å². The molecule has 9 heteroatoms. The molecule has 0 radical (unpaired) electrons. The van der Waals surface area contributed by atoms with Crippen LogP contribution in [0.1, 0.15) is 41.5 Å². The highest BCUT2D eigenvalue weighted by Crippen LogP contribution is 2.45. The maximum absolute atomic E-state index is 13.2. The number of nitrogens with zero attached hydrogens (tertiary/aromatic N) is 1. The number of halogens is 3. The third-order valence-electron chi connectivity index (χ3n) is 5.76. The highest BCUT2D eigenvalue weighted by atomic mass is 32.1. The van der Waals surface area contributed by atoms with Crippen LogP contribution in [0.2, 0.25) is 0 Å². The van der Waals surface area contributed by atoms with E-state index in [1.54, 1.807) is 36.6 Å². The maximum atomic E-state index is 13.2. The maximum Gasteiger partial charge on any atom is 0.416 e. The average molecular weight is 516 g/mol. The standard InChI is InChI=1S/C27H24F3NO4S/c1-15(2)14-35-20-6-4-5-17(13-20)23(32)21-22(25-16(3)11-12-36-25)31(26(34)24(21)33)19-9-7-18(8-10-19)27(28,29)30/h4-13,15,22,32H,14H2,1-3H3/b23-21-. The first-order valence-corrected chi connectivity index (χ1v) is 12.1. The Labute approximate surface area is 210 Å². The summed E-state index contributed by atoms with van der Waals surface area (Å²) in [6, 6.07) is 11.4. The fourth-order valence-electron chi connectivity index (χ4n) is 3.97. The summed E-state index contributed by atoms with van der Waals surface area (Å²) in [6.07, 6.45) is -4.54. The van der Waals surface area contributed by atoms with E-state index in [4.69, 9.17) is 4.74 Å². The number of benzene rings is 2. The number of hydrogen-bond donors (Lipinski definition) is 1. The molecule has 4 rings (SSSR count). The van der Waals surface area contributed by atoms with Gasteiger partial charge in [-0.2, -0.15) is 13.2 Å². The highest BCUT2D eigenvalue weighted by Gasteiger charge is 2.48. The van der Waals surface area contributed by atoms with Gasteiger partial charge in [-0.3, -0.25) is 14.5 Å². The Morgan fingerprint density at radius 3 is 2.39 bits per heavy atom. The van der Waals surface area contributed by atoms with Crippen LogP contribution in [0, 0.1) is 12.8 Å². The van der Waals surface area contributed by atoms with Gasteiger partial charge in [-0.15, -0.1) is 11.3 Å². The lowest BCUT2D eigenvalue weighted by Crippen LogP contribution is -2.29. The largest absolute Gasteiger partial charge is 0.507 e. The molecule has 1 amide bonds. The number of carbonyl (C=O) groups is 2. The molecule has 0 saturated carbocycles. The second-order valence-electron chi connectivity index (χ2n) is 8.91. The summed E-state index contributed by atoms with van der Waals surface area (Å²) in [5.74, 6) is -1.46. The second-order valence-corrected chi connectivity index (χ2v) is 9.86. The number of aryl methyl sites for hydroxylation is 1. The van der Waals surface area contributed by atoms with Gasteiger partial charge in [0.25, 0.3) is 11.7 Å². The zero-order valence-corrected chi connectivity index (χ0v) is 20.6. The number of carbonyl (C=O) groups excluding carboxylic acids is 2. The molecule has 1 atom stereocenters. The van der Waals surface area contributed by atoms with E-state index < -0.39 is 29.5 Å². The van der Waals surface area contributed by atoms with Crippen LogP contribution in [0.5, 0.6) is 5.75 Å². The number of ether oxygens (including phenoxy) is 1. The van der Waals surface area contributed by atoms with Crippen LogP contribution in [0.3, 0.4) is 0 Å². The molecule has 5 nitrogen and oxygen atoms in total. The van der Waals surface area contributed by atoms with Gasteiger partial charge in [-0.25, -0.2) is 0 Å². The molecule has 1 N–H and O–H groups in total. The molecule has 1 fully saturated rings. The van der Waals surface area contributed by atoms with Crippen molar-refractivity contribution in [3.8, 4) is 5.75 Å². The number of ketones is 1. The summed E-state index contributed by atoms with van der Waals surface area (Å²) >= 11 is 1.29. The van der Waals surface area contributed by atoms with Crippen molar-refractivity contribution in [3.05, 3.63) is 87.1 Å². The van der Waals surface area contributed by atoms with Crippen LogP contribution in [0.4, 0.5) is 18.9 Å². The fourth-order valence-corrected chi connectivity index (χ4v) is 5.00. The van der Waals surface area contributed by atoms with E-state index >= 15 is 0 Å². The molecular formula is C27H24F3NO4S. The van der Waals surface area contributed by atoms with Crippen LogP contribution in [-0.4, -0.2) is 23.4 Å². The third-order valence-corrected chi connectivity index (χ3v) is 6.83. The van der Waals surface area contributed by atoms with Gasteiger partial charge < -0.3 is 9.84 Å². The van der Waals surface area contributed by atoms with E-state index in [-0.39, 0.29) is 22.9 Å². The molecule has 36 heavy (non-hydrogen) atoms. The number of anilines is 1. The highest BCUT2D eigenvalue weighted by molar-refractivity contribution is 7.10. The van der Waals surface area contributed by atoms with Crippen molar-refractivity contribution in [2.75, 3.05) is 11.5 Å². The van der Waals surface area contributed by atoms with Crippen molar-refractivity contribution in [1.82, 2.24) is 0 Å². The number of Topliss-reactive ketones (excluding diaryl/α,β-unsaturated/α-hetero) is 1. The van der Waals surface area contributed by atoms with Gasteiger partial charge in [-0.05, 0) is 66.2 Å². The van der Waals surface area contributed by atoms with Crippen LogP contribution >= 0.6 is 11.3 Å². The zero-order valence-electron chi connectivity index (χ0n) is 19.8. The molecule has 1 aliphatic heterocycles. The van der Waals surface area contributed by atoms with E-state index in [0.717, 1.165) is 34.7 Å².